The fourth-order valence-electron chi connectivity index (χ4n) is 0.419. The van der Waals surface area contributed by atoms with Gasteiger partial charge in [-0.25, -0.2) is 0 Å². The molecule has 0 aromatic rings. The van der Waals surface area contributed by atoms with Gasteiger partial charge in [0.2, 0.25) is 0 Å². The number of aliphatic hydroxyl groups excluding tert-OH is 2. The van der Waals surface area contributed by atoms with Crippen LogP contribution in [0.2, 0.25) is 0 Å². The molecule has 0 bridgehead atoms. The standard InChI is InChI=1S/C5H6O2S/c6-4-1-2-8-3-5(4)7/h1,3,6-7H,2H2. The predicted octanol–water partition coefficient (Wildman–Crippen LogP) is 1.57. The van der Waals surface area contributed by atoms with Gasteiger partial charge in [0.1, 0.15) is 0 Å². The van der Waals surface area contributed by atoms with Crippen LogP contribution < -0.4 is 0 Å². The quantitative estimate of drug-likeness (QED) is 0.523. The third-order valence-electron chi connectivity index (χ3n) is 0.830. The minimum absolute atomic E-state index is 0.0104. The van der Waals surface area contributed by atoms with Gasteiger partial charge in [0.05, 0.1) is 0 Å². The fraction of sp³-hybridized carbons (Fsp3) is 0.200. The third-order valence-corrected chi connectivity index (χ3v) is 1.58. The smallest absolute Gasteiger partial charge is 0.163 e. The van der Waals surface area contributed by atoms with Crippen LogP contribution in [0.15, 0.2) is 23.0 Å². The van der Waals surface area contributed by atoms with Gasteiger partial charge in [0, 0.05) is 11.2 Å². The van der Waals surface area contributed by atoms with Crippen molar-refractivity contribution in [3.63, 3.8) is 0 Å². The predicted molar refractivity (Wildman–Crippen MR) is 33.9 cm³/mol. The van der Waals surface area contributed by atoms with Crippen molar-refractivity contribution in [1.29, 1.82) is 0 Å². The molecule has 0 saturated carbocycles. The van der Waals surface area contributed by atoms with Crippen LogP contribution in [0.4, 0.5) is 0 Å². The van der Waals surface area contributed by atoms with Gasteiger partial charge in [0.15, 0.2) is 11.5 Å². The summed E-state index contributed by atoms with van der Waals surface area (Å²) < 4.78 is 0. The van der Waals surface area contributed by atoms with Crippen LogP contribution >= 0.6 is 11.8 Å². The van der Waals surface area contributed by atoms with Gasteiger partial charge in [0.25, 0.3) is 0 Å². The van der Waals surface area contributed by atoms with E-state index in [0.29, 0.717) is 0 Å². The molecule has 8 heavy (non-hydrogen) atoms. The van der Waals surface area contributed by atoms with E-state index >= 15 is 0 Å². The maximum absolute atomic E-state index is 8.71. The molecular weight excluding hydrogens is 124 g/mol. The number of hydrogen-bond donors (Lipinski definition) is 2. The Morgan fingerprint density at radius 3 is 2.50 bits per heavy atom. The molecule has 3 heteroatoms. The molecule has 0 saturated heterocycles. The van der Waals surface area contributed by atoms with Crippen molar-refractivity contribution < 1.29 is 10.2 Å². The first-order valence-electron chi connectivity index (χ1n) is 2.21. The largest absolute Gasteiger partial charge is 0.504 e. The minimum Gasteiger partial charge on any atom is -0.504 e. The van der Waals surface area contributed by atoms with E-state index in [0.717, 1.165) is 5.75 Å². The van der Waals surface area contributed by atoms with E-state index in [-0.39, 0.29) is 11.5 Å². The highest BCUT2D eigenvalue weighted by Gasteiger charge is 2.02. The molecule has 1 aliphatic rings. The van der Waals surface area contributed by atoms with Crippen LogP contribution in [0.3, 0.4) is 0 Å². The molecule has 0 spiro atoms. The summed E-state index contributed by atoms with van der Waals surface area (Å²) in [5, 5.41) is 18.9. The normalized spacial score (nSPS) is 19.5. The molecule has 2 nitrogen and oxygen atoms in total. The van der Waals surface area contributed by atoms with Crippen molar-refractivity contribution in [1.82, 2.24) is 0 Å². The van der Waals surface area contributed by atoms with Gasteiger partial charge in [-0.15, -0.1) is 11.8 Å². The number of rotatable bonds is 0. The van der Waals surface area contributed by atoms with Gasteiger partial charge in [-0.3, -0.25) is 0 Å². The zero-order chi connectivity index (χ0) is 5.98. The molecule has 1 aliphatic heterocycles. The molecule has 0 atom stereocenters. The molecule has 0 aliphatic carbocycles. The Hall–Kier alpha value is -0.570. The zero-order valence-electron chi connectivity index (χ0n) is 4.16. The van der Waals surface area contributed by atoms with Crippen LogP contribution in [0, 0.1) is 0 Å². The van der Waals surface area contributed by atoms with Crippen molar-refractivity contribution in [2.75, 3.05) is 5.75 Å². The second kappa shape index (κ2) is 2.13. The van der Waals surface area contributed by atoms with Gasteiger partial charge < -0.3 is 10.2 Å². The van der Waals surface area contributed by atoms with Gasteiger partial charge in [-0.1, -0.05) is 0 Å². The Balaban J connectivity index is 2.73. The van der Waals surface area contributed by atoms with E-state index in [4.69, 9.17) is 10.2 Å². The Bertz CT molecular complexity index is 131. The molecule has 0 fully saturated rings. The van der Waals surface area contributed by atoms with E-state index in [1.165, 1.54) is 17.2 Å². The first-order chi connectivity index (χ1) is 3.80. The number of hydrogen-bond acceptors (Lipinski definition) is 3. The second-order valence-electron chi connectivity index (χ2n) is 1.43. The Morgan fingerprint density at radius 2 is 2.12 bits per heavy atom. The third kappa shape index (κ3) is 0.980. The first kappa shape index (κ1) is 5.56. The molecule has 1 rings (SSSR count). The van der Waals surface area contributed by atoms with E-state index in [1.54, 1.807) is 6.08 Å². The van der Waals surface area contributed by atoms with E-state index in [9.17, 15) is 0 Å². The molecule has 2 N–H and O–H groups in total. The van der Waals surface area contributed by atoms with Crippen LogP contribution in [0.5, 0.6) is 0 Å². The van der Waals surface area contributed by atoms with Gasteiger partial charge in [-0.2, -0.15) is 0 Å². The highest BCUT2D eigenvalue weighted by Crippen LogP contribution is 2.16. The van der Waals surface area contributed by atoms with E-state index in [1.807, 2.05) is 0 Å². The minimum atomic E-state index is -0.0266. The highest BCUT2D eigenvalue weighted by molar-refractivity contribution is 8.02. The average molecular weight is 130 g/mol. The van der Waals surface area contributed by atoms with E-state index < -0.39 is 0 Å². The molecule has 0 unspecified atom stereocenters. The molecule has 0 aromatic carbocycles. The second-order valence-corrected chi connectivity index (χ2v) is 2.33. The Labute approximate surface area is 51.5 Å². The number of thioether (sulfide) groups is 1. The molecule has 1 heterocycles. The van der Waals surface area contributed by atoms with E-state index in [2.05, 4.69) is 0 Å². The van der Waals surface area contributed by atoms with Crippen LogP contribution in [0.25, 0.3) is 0 Å². The Morgan fingerprint density at radius 1 is 1.38 bits per heavy atom. The van der Waals surface area contributed by atoms with Gasteiger partial charge in [-0.05, 0) is 6.08 Å². The van der Waals surface area contributed by atoms with Crippen LogP contribution in [-0.2, 0) is 0 Å². The van der Waals surface area contributed by atoms with Crippen molar-refractivity contribution >= 4 is 11.8 Å². The fourth-order valence-corrected chi connectivity index (χ4v) is 1.05. The maximum atomic E-state index is 8.71. The van der Waals surface area contributed by atoms with Crippen molar-refractivity contribution in [2.24, 2.45) is 0 Å². The lowest BCUT2D eigenvalue weighted by molar-refractivity contribution is 0.326. The summed E-state index contributed by atoms with van der Waals surface area (Å²) in [7, 11) is 0. The maximum Gasteiger partial charge on any atom is 0.163 e. The topological polar surface area (TPSA) is 40.5 Å². The molecule has 44 valence electrons. The summed E-state index contributed by atoms with van der Waals surface area (Å²) >= 11 is 1.46. The SMILES string of the molecule is OC1=CCSC=C1O. The lowest BCUT2D eigenvalue weighted by Crippen LogP contribution is -1.91. The summed E-state index contributed by atoms with van der Waals surface area (Å²) in [5.41, 5.74) is 0. The summed E-state index contributed by atoms with van der Waals surface area (Å²) in [4.78, 5) is 0. The average Bonchev–Trinajstić information content (AvgIpc) is 1.77. The summed E-state index contributed by atoms with van der Waals surface area (Å²) in [6, 6.07) is 0. The number of aliphatic hydroxyl groups is 2. The Kier molecular flexibility index (Phi) is 1.48. The lowest BCUT2D eigenvalue weighted by atomic mass is 10.4. The van der Waals surface area contributed by atoms with Crippen LogP contribution in [0.1, 0.15) is 0 Å². The van der Waals surface area contributed by atoms with Crippen LogP contribution in [-0.4, -0.2) is 16.0 Å². The molecule has 0 radical (unpaired) electrons. The molecule has 0 amide bonds. The first-order valence-corrected chi connectivity index (χ1v) is 3.26. The van der Waals surface area contributed by atoms with Gasteiger partial charge >= 0.3 is 0 Å². The monoisotopic (exact) mass is 130 g/mol. The summed E-state index contributed by atoms with van der Waals surface area (Å²) in [6.45, 7) is 0. The zero-order valence-corrected chi connectivity index (χ0v) is 4.98. The lowest BCUT2D eigenvalue weighted by Gasteiger charge is -2.02. The highest BCUT2D eigenvalue weighted by atomic mass is 32.2. The molecule has 0 aromatic heterocycles. The van der Waals surface area contributed by atoms with Crippen molar-refractivity contribution in [3.8, 4) is 0 Å². The van der Waals surface area contributed by atoms with Crippen molar-refractivity contribution in [2.45, 2.75) is 0 Å². The summed E-state index contributed by atoms with van der Waals surface area (Å²) in [6.07, 6.45) is 1.57. The van der Waals surface area contributed by atoms with Crippen molar-refractivity contribution in [3.05, 3.63) is 23.0 Å². The molecular formula is C5H6O2S. The summed E-state index contributed by atoms with van der Waals surface area (Å²) in [5.74, 6) is 0.709.